The molecule has 0 saturated heterocycles. The predicted octanol–water partition coefficient (Wildman–Crippen LogP) is -0.210. The number of carbonyl (C=O) groups excluding carboxylic acids is 1. The summed E-state index contributed by atoms with van der Waals surface area (Å²) >= 11 is 0. The summed E-state index contributed by atoms with van der Waals surface area (Å²) in [5, 5.41) is 0. The first-order valence-corrected chi connectivity index (χ1v) is 3.21. The van der Waals surface area contributed by atoms with Gasteiger partial charge in [0.2, 0.25) is 12.0 Å². The minimum atomic E-state index is 0.585. The molecule has 0 bridgehead atoms. The Balaban J connectivity index is 3.03. The number of aryl methyl sites for hydroxylation is 2. The molecular weight excluding hydrogens is 128 g/mol. The molecule has 0 amide bonds. The first-order chi connectivity index (χ1) is 4.77. The molecule has 1 aromatic heterocycles. The van der Waals surface area contributed by atoms with Crippen molar-refractivity contribution in [2.45, 2.75) is 13.5 Å². The quantitative estimate of drug-likeness (QED) is 0.519. The Morgan fingerprint density at radius 1 is 1.80 bits per heavy atom. The van der Waals surface area contributed by atoms with Crippen molar-refractivity contribution < 1.29 is 9.36 Å². The van der Waals surface area contributed by atoms with Crippen molar-refractivity contribution in [2.75, 3.05) is 0 Å². The number of hydrogen-bond donors (Lipinski definition) is 0. The molecule has 0 unspecified atom stereocenters. The van der Waals surface area contributed by atoms with Gasteiger partial charge < -0.3 is 0 Å². The van der Waals surface area contributed by atoms with E-state index in [1.54, 1.807) is 10.8 Å². The van der Waals surface area contributed by atoms with Gasteiger partial charge in [-0.1, -0.05) is 0 Å². The van der Waals surface area contributed by atoms with E-state index in [1.807, 2.05) is 31.2 Å². The SMILES string of the molecule is CC[n+]1cc([C]=O)n(C)c1. The van der Waals surface area contributed by atoms with Crippen LogP contribution in [0.15, 0.2) is 12.5 Å². The van der Waals surface area contributed by atoms with E-state index in [1.165, 1.54) is 0 Å². The molecule has 3 nitrogen and oxygen atoms in total. The summed E-state index contributed by atoms with van der Waals surface area (Å²) in [6, 6.07) is 0. The molecule has 0 atom stereocenters. The maximum atomic E-state index is 10.2. The lowest BCUT2D eigenvalue weighted by Gasteiger charge is -1.80. The lowest BCUT2D eigenvalue weighted by atomic mass is 10.5. The second-order valence-electron chi connectivity index (χ2n) is 2.17. The highest BCUT2D eigenvalue weighted by Gasteiger charge is 2.06. The lowest BCUT2D eigenvalue weighted by Crippen LogP contribution is -2.28. The van der Waals surface area contributed by atoms with Crippen LogP contribution in [0.25, 0.3) is 0 Å². The van der Waals surface area contributed by atoms with Crippen molar-refractivity contribution in [2.24, 2.45) is 7.05 Å². The van der Waals surface area contributed by atoms with Crippen LogP contribution in [-0.2, 0) is 18.4 Å². The molecule has 0 aliphatic heterocycles. The molecule has 0 N–H and O–H groups in total. The summed E-state index contributed by atoms with van der Waals surface area (Å²) in [5.41, 5.74) is 0.585. The molecule has 1 radical (unpaired) electrons. The number of nitrogens with zero attached hydrogens (tertiary/aromatic N) is 2. The van der Waals surface area contributed by atoms with Crippen LogP contribution >= 0.6 is 0 Å². The van der Waals surface area contributed by atoms with E-state index in [4.69, 9.17) is 0 Å². The Morgan fingerprint density at radius 3 is 2.80 bits per heavy atom. The molecule has 1 aromatic rings. The van der Waals surface area contributed by atoms with E-state index in [0.29, 0.717) is 5.69 Å². The van der Waals surface area contributed by atoms with Crippen molar-refractivity contribution in [1.29, 1.82) is 0 Å². The smallest absolute Gasteiger partial charge is 0.280 e. The van der Waals surface area contributed by atoms with E-state index in [-0.39, 0.29) is 0 Å². The Morgan fingerprint density at radius 2 is 2.50 bits per heavy atom. The summed E-state index contributed by atoms with van der Waals surface area (Å²) in [7, 11) is 1.83. The number of imidazole rings is 1. The Kier molecular flexibility index (Phi) is 1.85. The minimum Gasteiger partial charge on any atom is -0.280 e. The molecule has 10 heavy (non-hydrogen) atoms. The number of aromatic nitrogens is 2. The lowest BCUT2D eigenvalue weighted by molar-refractivity contribution is -0.693. The van der Waals surface area contributed by atoms with Gasteiger partial charge in [0.25, 0.3) is 6.29 Å². The molecule has 0 aliphatic rings. The van der Waals surface area contributed by atoms with Crippen molar-refractivity contribution >= 4 is 6.29 Å². The third-order valence-electron chi connectivity index (χ3n) is 1.46. The summed E-state index contributed by atoms with van der Waals surface area (Å²) in [4.78, 5) is 10.2. The highest BCUT2D eigenvalue weighted by molar-refractivity contribution is 5.71. The zero-order chi connectivity index (χ0) is 7.56. The molecule has 0 spiro atoms. The number of rotatable bonds is 2. The van der Waals surface area contributed by atoms with Gasteiger partial charge in [0, 0.05) is 0 Å². The van der Waals surface area contributed by atoms with Crippen molar-refractivity contribution in [1.82, 2.24) is 4.57 Å². The van der Waals surface area contributed by atoms with Crippen LogP contribution in [0, 0.1) is 0 Å². The minimum absolute atomic E-state index is 0.585. The van der Waals surface area contributed by atoms with E-state index in [9.17, 15) is 4.79 Å². The Labute approximate surface area is 59.9 Å². The first kappa shape index (κ1) is 6.99. The summed E-state index contributed by atoms with van der Waals surface area (Å²) < 4.78 is 3.68. The number of hydrogen-bond acceptors (Lipinski definition) is 1. The average Bonchev–Trinajstić information content (AvgIpc) is 2.30. The van der Waals surface area contributed by atoms with Gasteiger partial charge in [-0.05, 0) is 6.92 Å². The topological polar surface area (TPSA) is 25.9 Å². The van der Waals surface area contributed by atoms with Gasteiger partial charge in [-0.3, -0.25) is 4.79 Å². The molecule has 0 saturated carbocycles. The van der Waals surface area contributed by atoms with Crippen LogP contribution in [-0.4, -0.2) is 10.9 Å². The second-order valence-corrected chi connectivity index (χ2v) is 2.17. The van der Waals surface area contributed by atoms with E-state index in [0.717, 1.165) is 6.54 Å². The fourth-order valence-electron chi connectivity index (χ4n) is 0.837. The van der Waals surface area contributed by atoms with Gasteiger partial charge in [0.05, 0.1) is 13.6 Å². The summed E-state index contributed by atoms with van der Waals surface area (Å²) in [5.74, 6) is 0. The molecule has 0 aromatic carbocycles. The molecule has 53 valence electrons. The van der Waals surface area contributed by atoms with Crippen LogP contribution in [0.1, 0.15) is 12.6 Å². The molecule has 0 fully saturated rings. The molecular formula is C7H10N2O+. The van der Waals surface area contributed by atoms with E-state index in [2.05, 4.69) is 0 Å². The molecule has 3 heteroatoms. The monoisotopic (exact) mass is 138 g/mol. The van der Waals surface area contributed by atoms with Crippen LogP contribution in [0.3, 0.4) is 0 Å². The van der Waals surface area contributed by atoms with Gasteiger partial charge >= 0.3 is 0 Å². The van der Waals surface area contributed by atoms with Crippen LogP contribution in [0.5, 0.6) is 0 Å². The molecule has 1 heterocycles. The third kappa shape index (κ3) is 1.07. The standard InChI is InChI=1S/C7H10N2O/c1-3-9-4-7(5-10)8(2)6-9/h4,6H,3H2,1-2H3/q+1. The zero-order valence-electron chi connectivity index (χ0n) is 6.16. The Bertz CT molecular complexity index is 240. The van der Waals surface area contributed by atoms with Crippen molar-refractivity contribution in [3.63, 3.8) is 0 Å². The van der Waals surface area contributed by atoms with E-state index < -0.39 is 0 Å². The summed E-state index contributed by atoms with van der Waals surface area (Å²) in [6.45, 7) is 2.91. The van der Waals surface area contributed by atoms with Crippen LogP contribution in [0.2, 0.25) is 0 Å². The fourth-order valence-corrected chi connectivity index (χ4v) is 0.837. The molecule has 0 aliphatic carbocycles. The maximum Gasteiger partial charge on any atom is 0.280 e. The van der Waals surface area contributed by atoms with Crippen LogP contribution in [0.4, 0.5) is 0 Å². The van der Waals surface area contributed by atoms with Gasteiger partial charge in [0.1, 0.15) is 6.20 Å². The summed E-state index contributed by atoms with van der Waals surface area (Å²) in [6.07, 6.45) is 5.47. The van der Waals surface area contributed by atoms with E-state index >= 15 is 0 Å². The van der Waals surface area contributed by atoms with Crippen molar-refractivity contribution in [3.05, 3.63) is 18.2 Å². The first-order valence-electron chi connectivity index (χ1n) is 3.21. The zero-order valence-corrected chi connectivity index (χ0v) is 6.16. The maximum absolute atomic E-state index is 10.2. The second kappa shape index (κ2) is 2.64. The van der Waals surface area contributed by atoms with Crippen molar-refractivity contribution in [3.8, 4) is 0 Å². The highest BCUT2D eigenvalue weighted by Crippen LogP contribution is 1.87. The highest BCUT2D eigenvalue weighted by atomic mass is 16.1. The largest absolute Gasteiger partial charge is 0.280 e. The van der Waals surface area contributed by atoms with Crippen LogP contribution < -0.4 is 4.57 Å². The predicted molar refractivity (Wildman–Crippen MR) is 36.1 cm³/mol. The fraction of sp³-hybridized carbons (Fsp3) is 0.429. The average molecular weight is 138 g/mol. The van der Waals surface area contributed by atoms with Gasteiger partial charge in [0.15, 0.2) is 0 Å². The molecule has 1 rings (SSSR count). The van der Waals surface area contributed by atoms with Gasteiger partial charge in [-0.2, -0.15) is 0 Å². The third-order valence-corrected chi connectivity index (χ3v) is 1.46. The normalized spacial score (nSPS) is 9.80. The van der Waals surface area contributed by atoms with Gasteiger partial charge in [-0.25, -0.2) is 9.13 Å². The van der Waals surface area contributed by atoms with Gasteiger partial charge in [-0.15, -0.1) is 0 Å². The Hall–Kier alpha value is -1.12.